The van der Waals surface area contributed by atoms with Gasteiger partial charge in [-0.05, 0) is 29.8 Å². The Balaban J connectivity index is 2.42. The van der Waals surface area contributed by atoms with E-state index in [1.165, 1.54) is 24.5 Å². The number of methoxy groups -OCH3 is 1. The van der Waals surface area contributed by atoms with Gasteiger partial charge >= 0.3 is 0 Å². The van der Waals surface area contributed by atoms with Crippen molar-refractivity contribution in [1.29, 1.82) is 0 Å². The summed E-state index contributed by atoms with van der Waals surface area (Å²) in [6.45, 7) is 0. The Morgan fingerprint density at radius 3 is 2.73 bits per heavy atom. The van der Waals surface area contributed by atoms with Gasteiger partial charge in [-0.15, -0.1) is 10.2 Å². The maximum atomic E-state index is 13.3. The van der Waals surface area contributed by atoms with Gasteiger partial charge in [0, 0.05) is 5.56 Å². The van der Waals surface area contributed by atoms with Crippen LogP contribution >= 0.6 is 22.9 Å². The van der Waals surface area contributed by atoms with E-state index in [-0.39, 0.29) is 5.75 Å². The van der Waals surface area contributed by atoms with Gasteiger partial charge in [-0.25, -0.2) is 4.39 Å². The average Bonchev–Trinajstić information content (AvgIpc) is 2.65. The topological polar surface area (TPSA) is 35.0 Å². The van der Waals surface area contributed by atoms with Gasteiger partial charge in [-0.2, -0.15) is 0 Å². The number of hydrogen-bond acceptors (Lipinski definition) is 4. The number of benzene rings is 1. The molecule has 1 heterocycles. The first kappa shape index (κ1) is 10.3. The summed E-state index contributed by atoms with van der Waals surface area (Å²) in [5.41, 5.74) is 0.637. The molecule has 0 radical (unpaired) electrons. The minimum atomic E-state index is -0.429. The van der Waals surface area contributed by atoms with Crippen molar-refractivity contribution in [1.82, 2.24) is 10.2 Å². The molecule has 0 unspecified atom stereocenters. The number of nitrogens with zero attached hydrogens (tertiary/aromatic N) is 2. The van der Waals surface area contributed by atoms with Gasteiger partial charge in [0.15, 0.2) is 11.6 Å². The predicted octanol–water partition coefficient (Wildman–Crippen LogP) is 3.01. The van der Waals surface area contributed by atoms with Crippen molar-refractivity contribution in [2.75, 3.05) is 7.11 Å². The zero-order valence-corrected chi connectivity index (χ0v) is 9.27. The van der Waals surface area contributed by atoms with Crippen LogP contribution in [0.3, 0.4) is 0 Å². The maximum Gasteiger partial charge on any atom is 0.207 e. The van der Waals surface area contributed by atoms with Gasteiger partial charge < -0.3 is 4.74 Å². The molecule has 1 aromatic carbocycles. The van der Waals surface area contributed by atoms with Crippen LogP contribution in [0.4, 0.5) is 4.39 Å². The highest BCUT2D eigenvalue weighted by molar-refractivity contribution is 7.18. The predicted molar refractivity (Wildman–Crippen MR) is 56.9 cm³/mol. The third-order valence-electron chi connectivity index (χ3n) is 1.80. The molecule has 2 aromatic rings. The Morgan fingerprint density at radius 2 is 2.20 bits per heavy atom. The van der Waals surface area contributed by atoms with Gasteiger partial charge in [-0.3, -0.25) is 0 Å². The zero-order valence-electron chi connectivity index (χ0n) is 7.70. The Bertz CT molecular complexity index is 489. The fourth-order valence-corrected chi connectivity index (χ4v) is 1.95. The van der Waals surface area contributed by atoms with Crippen LogP contribution in [0.2, 0.25) is 4.47 Å². The standard InChI is InChI=1S/C9H6ClFN2OS/c1-14-7-3-2-5(4-6(7)11)8-12-13-9(10)15-8/h2-4H,1H3. The van der Waals surface area contributed by atoms with Crippen LogP contribution in [-0.4, -0.2) is 17.3 Å². The lowest BCUT2D eigenvalue weighted by molar-refractivity contribution is 0.386. The first-order valence-corrected chi connectivity index (χ1v) is 5.23. The normalized spacial score (nSPS) is 10.3. The second kappa shape index (κ2) is 4.12. The molecule has 0 aliphatic heterocycles. The summed E-state index contributed by atoms with van der Waals surface area (Å²) in [6, 6.07) is 4.59. The van der Waals surface area contributed by atoms with E-state index in [2.05, 4.69) is 10.2 Å². The van der Waals surface area contributed by atoms with Crippen molar-refractivity contribution >= 4 is 22.9 Å². The Kier molecular flexibility index (Phi) is 2.83. The molecule has 0 fully saturated rings. The molecule has 15 heavy (non-hydrogen) atoms. The Morgan fingerprint density at radius 1 is 1.40 bits per heavy atom. The van der Waals surface area contributed by atoms with Crippen LogP contribution < -0.4 is 4.74 Å². The molecule has 0 bridgehead atoms. The van der Waals surface area contributed by atoms with E-state index in [0.29, 0.717) is 15.0 Å². The van der Waals surface area contributed by atoms with Crippen molar-refractivity contribution in [3.8, 4) is 16.3 Å². The van der Waals surface area contributed by atoms with Crippen LogP contribution in [0, 0.1) is 5.82 Å². The molecule has 0 amide bonds. The third-order valence-corrected chi connectivity index (χ3v) is 2.87. The molecular weight excluding hydrogens is 239 g/mol. The van der Waals surface area contributed by atoms with E-state index in [1.807, 2.05) is 0 Å². The summed E-state index contributed by atoms with van der Waals surface area (Å²) in [6.07, 6.45) is 0. The molecule has 6 heteroatoms. The monoisotopic (exact) mass is 244 g/mol. The van der Waals surface area contributed by atoms with Crippen molar-refractivity contribution in [3.63, 3.8) is 0 Å². The molecule has 78 valence electrons. The van der Waals surface area contributed by atoms with E-state index in [0.717, 1.165) is 0 Å². The molecule has 3 nitrogen and oxygen atoms in total. The minimum Gasteiger partial charge on any atom is -0.494 e. The minimum absolute atomic E-state index is 0.203. The number of rotatable bonds is 2. The molecule has 0 atom stereocenters. The number of hydrogen-bond donors (Lipinski definition) is 0. The fraction of sp³-hybridized carbons (Fsp3) is 0.111. The molecule has 0 spiro atoms. The number of ether oxygens (including phenoxy) is 1. The molecule has 2 rings (SSSR count). The number of halogens is 2. The van der Waals surface area contributed by atoms with Crippen molar-refractivity contribution in [2.24, 2.45) is 0 Å². The van der Waals surface area contributed by atoms with Crippen LogP contribution in [0.15, 0.2) is 18.2 Å². The first-order chi connectivity index (χ1) is 7.20. The lowest BCUT2D eigenvalue weighted by atomic mass is 10.2. The van der Waals surface area contributed by atoms with Gasteiger partial charge in [0.2, 0.25) is 4.47 Å². The van der Waals surface area contributed by atoms with E-state index >= 15 is 0 Å². The quantitative estimate of drug-likeness (QED) is 0.815. The van der Waals surface area contributed by atoms with E-state index < -0.39 is 5.82 Å². The molecule has 0 aliphatic carbocycles. The highest BCUT2D eigenvalue weighted by Crippen LogP contribution is 2.29. The largest absolute Gasteiger partial charge is 0.494 e. The SMILES string of the molecule is COc1ccc(-c2nnc(Cl)s2)cc1F. The average molecular weight is 245 g/mol. The van der Waals surface area contributed by atoms with Gasteiger partial charge in [0.25, 0.3) is 0 Å². The van der Waals surface area contributed by atoms with Gasteiger partial charge in [0.1, 0.15) is 5.01 Å². The maximum absolute atomic E-state index is 13.3. The van der Waals surface area contributed by atoms with Crippen LogP contribution in [0.25, 0.3) is 10.6 Å². The van der Waals surface area contributed by atoms with Crippen molar-refractivity contribution in [3.05, 3.63) is 28.5 Å². The van der Waals surface area contributed by atoms with Crippen LogP contribution in [0.1, 0.15) is 0 Å². The highest BCUT2D eigenvalue weighted by atomic mass is 35.5. The summed E-state index contributed by atoms with van der Waals surface area (Å²) in [5, 5.41) is 8.04. The lowest BCUT2D eigenvalue weighted by Crippen LogP contribution is -1.88. The molecule has 0 N–H and O–H groups in total. The van der Waals surface area contributed by atoms with Gasteiger partial charge in [-0.1, -0.05) is 11.3 Å². The molecule has 0 saturated heterocycles. The van der Waals surface area contributed by atoms with Gasteiger partial charge in [0.05, 0.1) is 7.11 Å². The number of aromatic nitrogens is 2. The van der Waals surface area contributed by atoms with E-state index in [1.54, 1.807) is 12.1 Å². The lowest BCUT2D eigenvalue weighted by Gasteiger charge is -2.02. The molecular formula is C9H6ClFN2OS. The molecule has 1 aromatic heterocycles. The summed E-state index contributed by atoms with van der Waals surface area (Å²) >= 11 is 6.83. The Labute approximate surface area is 94.5 Å². The van der Waals surface area contributed by atoms with Crippen LogP contribution in [-0.2, 0) is 0 Å². The summed E-state index contributed by atoms with van der Waals surface area (Å²) in [4.78, 5) is 0. The summed E-state index contributed by atoms with van der Waals surface area (Å²) < 4.78 is 18.5. The second-order valence-corrected chi connectivity index (χ2v) is 4.27. The second-order valence-electron chi connectivity index (χ2n) is 2.71. The smallest absolute Gasteiger partial charge is 0.207 e. The highest BCUT2D eigenvalue weighted by Gasteiger charge is 2.08. The summed E-state index contributed by atoms with van der Waals surface area (Å²) in [5.74, 6) is -0.226. The third kappa shape index (κ3) is 2.08. The van der Waals surface area contributed by atoms with Crippen molar-refractivity contribution in [2.45, 2.75) is 0 Å². The van der Waals surface area contributed by atoms with E-state index in [4.69, 9.17) is 16.3 Å². The van der Waals surface area contributed by atoms with Crippen molar-refractivity contribution < 1.29 is 9.13 Å². The first-order valence-electron chi connectivity index (χ1n) is 4.03. The van der Waals surface area contributed by atoms with E-state index in [9.17, 15) is 4.39 Å². The molecule has 0 saturated carbocycles. The summed E-state index contributed by atoms with van der Waals surface area (Å²) in [7, 11) is 1.42. The molecule has 0 aliphatic rings. The zero-order chi connectivity index (χ0) is 10.8. The fourth-order valence-electron chi connectivity index (χ4n) is 1.12. The Hall–Kier alpha value is -1.20. The van der Waals surface area contributed by atoms with Crippen LogP contribution in [0.5, 0.6) is 5.75 Å².